The molecule has 4 heteroatoms. The average molecular weight is 256 g/mol. The van der Waals surface area contributed by atoms with Crippen LogP contribution in [0, 0.1) is 0 Å². The lowest BCUT2D eigenvalue weighted by molar-refractivity contribution is 0.0267. The van der Waals surface area contributed by atoms with Crippen LogP contribution in [0.4, 0.5) is 0 Å². The molecule has 1 rings (SSSR count). The topological polar surface area (TPSA) is 49.5 Å². The lowest BCUT2D eigenvalue weighted by Crippen LogP contribution is -2.44. The number of aliphatic hydroxyl groups is 1. The van der Waals surface area contributed by atoms with Crippen LogP contribution in [0.1, 0.15) is 38.8 Å². The van der Waals surface area contributed by atoms with E-state index >= 15 is 0 Å². The first kappa shape index (κ1) is 14.6. The molecule has 0 fully saturated rings. The van der Waals surface area contributed by atoms with Gasteiger partial charge in [-0.3, -0.25) is 4.90 Å². The second kappa shape index (κ2) is 5.96. The molecule has 0 aliphatic heterocycles. The predicted octanol–water partition coefficient (Wildman–Crippen LogP) is 2.23. The van der Waals surface area contributed by atoms with E-state index in [2.05, 4.69) is 28.7 Å². The van der Waals surface area contributed by atoms with E-state index in [-0.39, 0.29) is 12.1 Å². The van der Waals surface area contributed by atoms with Crippen molar-refractivity contribution in [2.45, 2.75) is 44.9 Å². The summed E-state index contributed by atoms with van der Waals surface area (Å²) in [4.78, 5) is 2.15. The monoisotopic (exact) mass is 256 g/mol. The molecule has 0 aliphatic carbocycles. The molecule has 0 aromatic carbocycles. The fraction of sp³-hybridized carbons (Fsp3) is 0.692. The second-order valence-corrected chi connectivity index (χ2v) is 6.08. The van der Waals surface area contributed by atoms with Crippen LogP contribution in [0.3, 0.4) is 0 Å². The highest BCUT2D eigenvalue weighted by Gasteiger charge is 2.27. The van der Waals surface area contributed by atoms with E-state index in [9.17, 15) is 5.11 Å². The minimum atomic E-state index is -0.698. The Morgan fingerprint density at radius 1 is 1.53 bits per heavy atom. The highest BCUT2D eigenvalue weighted by atomic mass is 32.1. The molecule has 2 unspecified atom stereocenters. The van der Waals surface area contributed by atoms with E-state index < -0.39 is 5.60 Å². The van der Waals surface area contributed by atoms with Crippen molar-refractivity contribution in [2.24, 2.45) is 5.73 Å². The lowest BCUT2D eigenvalue weighted by Gasteiger charge is -2.35. The van der Waals surface area contributed by atoms with Crippen LogP contribution in [0.15, 0.2) is 16.8 Å². The SMILES string of the molecule is CCC(N)C(c1ccsc1)N(C)CC(C)(C)O. The molecule has 17 heavy (non-hydrogen) atoms. The Hall–Kier alpha value is -0.420. The first-order valence-electron chi connectivity index (χ1n) is 6.05. The van der Waals surface area contributed by atoms with Crippen LogP contribution in [-0.4, -0.2) is 35.2 Å². The van der Waals surface area contributed by atoms with E-state index in [1.54, 1.807) is 11.3 Å². The Labute approximate surface area is 108 Å². The molecule has 0 aliphatic rings. The number of hydrogen-bond acceptors (Lipinski definition) is 4. The molecule has 98 valence electrons. The molecule has 0 radical (unpaired) electrons. The highest BCUT2D eigenvalue weighted by molar-refractivity contribution is 7.07. The van der Waals surface area contributed by atoms with E-state index in [4.69, 9.17) is 5.73 Å². The second-order valence-electron chi connectivity index (χ2n) is 5.30. The van der Waals surface area contributed by atoms with Crippen LogP contribution in [-0.2, 0) is 0 Å². The summed E-state index contributed by atoms with van der Waals surface area (Å²) in [6, 6.07) is 2.39. The molecule has 3 N–H and O–H groups in total. The summed E-state index contributed by atoms with van der Waals surface area (Å²) >= 11 is 1.69. The number of likely N-dealkylation sites (N-methyl/N-ethyl adjacent to an activating group) is 1. The summed E-state index contributed by atoms with van der Waals surface area (Å²) in [6.45, 7) is 6.36. The molecular formula is C13H24N2OS. The Bertz CT molecular complexity index is 319. The molecule has 0 amide bonds. The number of nitrogens with two attached hydrogens (primary N) is 1. The van der Waals surface area contributed by atoms with Gasteiger partial charge in [0, 0.05) is 12.6 Å². The van der Waals surface area contributed by atoms with Crippen LogP contribution < -0.4 is 5.73 Å². The van der Waals surface area contributed by atoms with E-state index in [1.807, 2.05) is 20.9 Å². The fourth-order valence-electron chi connectivity index (χ4n) is 2.20. The van der Waals surface area contributed by atoms with Crippen molar-refractivity contribution in [3.05, 3.63) is 22.4 Å². The van der Waals surface area contributed by atoms with Gasteiger partial charge in [-0.2, -0.15) is 11.3 Å². The van der Waals surface area contributed by atoms with Gasteiger partial charge >= 0.3 is 0 Å². The van der Waals surface area contributed by atoms with Gasteiger partial charge in [-0.25, -0.2) is 0 Å². The largest absolute Gasteiger partial charge is 0.389 e. The molecule has 2 atom stereocenters. The van der Waals surface area contributed by atoms with Crippen molar-refractivity contribution in [3.63, 3.8) is 0 Å². The van der Waals surface area contributed by atoms with E-state index in [1.165, 1.54) is 5.56 Å². The van der Waals surface area contributed by atoms with Gasteiger partial charge in [0.2, 0.25) is 0 Å². The van der Waals surface area contributed by atoms with E-state index in [0.29, 0.717) is 6.54 Å². The summed E-state index contributed by atoms with van der Waals surface area (Å²) in [7, 11) is 2.02. The summed E-state index contributed by atoms with van der Waals surface area (Å²) in [5, 5.41) is 14.1. The first-order chi connectivity index (χ1) is 7.85. The van der Waals surface area contributed by atoms with Crippen LogP contribution in [0.5, 0.6) is 0 Å². The Kier molecular flexibility index (Phi) is 5.13. The van der Waals surface area contributed by atoms with Gasteiger partial charge in [-0.15, -0.1) is 0 Å². The van der Waals surface area contributed by atoms with Crippen LogP contribution >= 0.6 is 11.3 Å². The third-order valence-electron chi connectivity index (χ3n) is 2.87. The normalized spacial score (nSPS) is 16.2. The van der Waals surface area contributed by atoms with Crippen molar-refractivity contribution >= 4 is 11.3 Å². The minimum absolute atomic E-state index is 0.0944. The molecule has 1 heterocycles. The zero-order chi connectivity index (χ0) is 13.1. The van der Waals surface area contributed by atoms with Gasteiger partial charge in [-0.1, -0.05) is 6.92 Å². The molecule has 3 nitrogen and oxygen atoms in total. The predicted molar refractivity (Wildman–Crippen MR) is 74.3 cm³/mol. The summed E-state index contributed by atoms with van der Waals surface area (Å²) < 4.78 is 0. The number of hydrogen-bond donors (Lipinski definition) is 2. The smallest absolute Gasteiger partial charge is 0.0718 e. The van der Waals surface area contributed by atoms with Crippen molar-refractivity contribution < 1.29 is 5.11 Å². The maximum Gasteiger partial charge on any atom is 0.0718 e. The van der Waals surface area contributed by atoms with Crippen LogP contribution in [0.25, 0.3) is 0 Å². The van der Waals surface area contributed by atoms with Crippen molar-refractivity contribution in [1.82, 2.24) is 4.90 Å². The number of nitrogens with zero attached hydrogens (tertiary/aromatic N) is 1. The maximum atomic E-state index is 9.91. The maximum absolute atomic E-state index is 9.91. The molecule has 0 saturated heterocycles. The first-order valence-corrected chi connectivity index (χ1v) is 6.99. The molecule has 0 saturated carbocycles. The summed E-state index contributed by atoms with van der Waals surface area (Å²) in [5.41, 5.74) is 6.76. The molecule has 1 aromatic rings. The number of thiophene rings is 1. The zero-order valence-electron chi connectivity index (χ0n) is 11.2. The zero-order valence-corrected chi connectivity index (χ0v) is 12.0. The lowest BCUT2D eigenvalue weighted by atomic mass is 9.97. The van der Waals surface area contributed by atoms with Gasteiger partial charge in [0.1, 0.15) is 0 Å². The van der Waals surface area contributed by atoms with Gasteiger partial charge in [0.25, 0.3) is 0 Å². The quantitative estimate of drug-likeness (QED) is 0.820. The van der Waals surface area contributed by atoms with Gasteiger partial charge in [0.05, 0.1) is 11.6 Å². The average Bonchev–Trinajstić information content (AvgIpc) is 2.68. The molecule has 0 spiro atoms. The van der Waals surface area contributed by atoms with E-state index in [0.717, 1.165) is 6.42 Å². The third kappa shape index (κ3) is 4.39. The van der Waals surface area contributed by atoms with Gasteiger partial charge in [-0.05, 0) is 49.7 Å². The minimum Gasteiger partial charge on any atom is -0.389 e. The number of rotatable bonds is 6. The molecule has 0 bridgehead atoms. The molecule has 1 aromatic heterocycles. The molecular weight excluding hydrogens is 232 g/mol. The van der Waals surface area contributed by atoms with Crippen molar-refractivity contribution in [2.75, 3.05) is 13.6 Å². The Morgan fingerprint density at radius 2 is 2.18 bits per heavy atom. The summed E-state index contributed by atoms with van der Waals surface area (Å²) in [5.74, 6) is 0. The standard InChI is InChI=1S/C13H24N2OS/c1-5-11(14)12(10-6-7-17-8-10)15(4)9-13(2,3)16/h6-8,11-12,16H,5,9,14H2,1-4H3. The van der Waals surface area contributed by atoms with Gasteiger partial charge < -0.3 is 10.8 Å². The summed E-state index contributed by atoms with van der Waals surface area (Å²) in [6.07, 6.45) is 0.927. The highest BCUT2D eigenvalue weighted by Crippen LogP contribution is 2.27. The fourth-order valence-corrected chi connectivity index (χ4v) is 2.89. The van der Waals surface area contributed by atoms with Crippen molar-refractivity contribution in [3.8, 4) is 0 Å². The third-order valence-corrected chi connectivity index (χ3v) is 3.57. The van der Waals surface area contributed by atoms with Gasteiger partial charge in [0.15, 0.2) is 0 Å². The van der Waals surface area contributed by atoms with Crippen LogP contribution in [0.2, 0.25) is 0 Å². The van der Waals surface area contributed by atoms with Crippen molar-refractivity contribution in [1.29, 1.82) is 0 Å². The Morgan fingerprint density at radius 3 is 2.59 bits per heavy atom. The Balaban J connectivity index is 2.84.